The normalized spacial score (nSPS) is 11.9. The number of benzene rings is 1. The van der Waals surface area contributed by atoms with Gasteiger partial charge >= 0.3 is 0 Å². The lowest BCUT2D eigenvalue weighted by atomic mass is 10.1. The van der Waals surface area contributed by atoms with E-state index < -0.39 is 13.0 Å². The lowest BCUT2D eigenvalue weighted by Gasteiger charge is -2.16. The van der Waals surface area contributed by atoms with Gasteiger partial charge in [-0.1, -0.05) is 26.0 Å². The Morgan fingerprint density at radius 1 is 1.26 bits per heavy atom. The molecule has 0 heterocycles. The summed E-state index contributed by atoms with van der Waals surface area (Å²) >= 11 is 0. The fourth-order valence-electron chi connectivity index (χ4n) is 1.92. The molecule has 6 heteroatoms. The summed E-state index contributed by atoms with van der Waals surface area (Å²) in [7, 11) is 1.55. The van der Waals surface area contributed by atoms with Crippen LogP contribution in [0, 0.1) is 12.8 Å². The zero-order chi connectivity index (χ0) is 17.2. The molecule has 130 valence electrons. The third-order valence-electron chi connectivity index (χ3n) is 3.27. The van der Waals surface area contributed by atoms with Gasteiger partial charge in [0.1, 0.15) is 5.75 Å². The average Bonchev–Trinajstić information content (AvgIpc) is 2.48. The van der Waals surface area contributed by atoms with Crippen molar-refractivity contribution in [3.05, 3.63) is 29.3 Å². The van der Waals surface area contributed by atoms with E-state index in [9.17, 15) is 8.78 Å². The second kappa shape index (κ2) is 10.0. The minimum Gasteiger partial charge on any atom is -0.493 e. The number of hydrogen-bond acceptors (Lipinski definition) is 2. The van der Waals surface area contributed by atoms with Crippen LogP contribution in [0.25, 0.3) is 0 Å². The number of aliphatic imine (C=N–C) groups is 1. The molecule has 23 heavy (non-hydrogen) atoms. The third kappa shape index (κ3) is 7.81. The first kappa shape index (κ1) is 19.2. The number of ether oxygens (including phenoxy) is 1. The second-order valence-corrected chi connectivity index (χ2v) is 5.84. The molecule has 4 nitrogen and oxygen atoms in total. The molecule has 2 N–H and O–H groups in total. The molecule has 0 unspecified atom stereocenters. The highest BCUT2D eigenvalue weighted by atomic mass is 19.3. The fraction of sp³-hybridized carbons (Fsp3) is 0.588. The van der Waals surface area contributed by atoms with E-state index in [1.165, 1.54) is 0 Å². The Morgan fingerprint density at radius 3 is 2.61 bits per heavy atom. The van der Waals surface area contributed by atoms with E-state index in [2.05, 4.69) is 29.5 Å². The van der Waals surface area contributed by atoms with Gasteiger partial charge in [-0.3, -0.25) is 4.99 Å². The second-order valence-electron chi connectivity index (χ2n) is 5.84. The zero-order valence-electron chi connectivity index (χ0n) is 14.3. The predicted molar refractivity (Wildman–Crippen MR) is 90.3 cm³/mol. The summed E-state index contributed by atoms with van der Waals surface area (Å²) in [5.74, 6) is 1.75. The summed E-state index contributed by atoms with van der Waals surface area (Å²) in [6.45, 7) is 7.01. The SMILES string of the molecule is CN=C(NCc1ccc(C)cc1OCCC(C)C)NCC(F)F. The first-order chi connectivity index (χ1) is 10.9. The van der Waals surface area contributed by atoms with Crippen LogP contribution in [0.1, 0.15) is 31.4 Å². The van der Waals surface area contributed by atoms with Crippen molar-refractivity contribution in [3.63, 3.8) is 0 Å². The number of rotatable bonds is 8. The average molecular weight is 327 g/mol. The van der Waals surface area contributed by atoms with Crippen LogP contribution in [0.2, 0.25) is 0 Å². The van der Waals surface area contributed by atoms with Crippen molar-refractivity contribution < 1.29 is 13.5 Å². The number of hydrogen-bond donors (Lipinski definition) is 2. The van der Waals surface area contributed by atoms with Gasteiger partial charge < -0.3 is 15.4 Å². The summed E-state index contributed by atoms with van der Waals surface area (Å²) in [5.41, 5.74) is 2.09. The van der Waals surface area contributed by atoms with Crippen molar-refractivity contribution in [1.29, 1.82) is 0 Å². The molecule has 0 saturated carbocycles. The zero-order valence-corrected chi connectivity index (χ0v) is 14.3. The van der Waals surface area contributed by atoms with Crippen LogP contribution in [0.5, 0.6) is 5.75 Å². The maximum absolute atomic E-state index is 12.2. The molecule has 0 fully saturated rings. The van der Waals surface area contributed by atoms with Gasteiger partial charge in [0, 0.05) is 19.2 Å². The van der Waals surface area contributed by atoms with Crippen LogP contribution in [-0.2, 0) is 6.54 Å². The maximum Gasteiger partial charge on any atom is 0.255 e. The smallest absolute Gasteiger partial charge is 0.255 e. The van der Waals surface area contributed by atoms with E-state index in [1.807, 2.05) is 25.1 Å². The van der Waals surface area contributed by atoms with Crippen LogP contribution < -0.4 is 15.4 Å². The Hall–Kier alpha value is -1.85. The van der Waals surface area contributed by atoms with Crippen molar-refractivity contribution in [2.24, 2.45) is 10.9 Å². The predicted octanol–water partition coefficient (Wildman–Crippen LogP) is 3.35. The highest BCUT2D eigenvalue weighted by Crippen LogP contribution is 2.21. The van der Waals surface area contributed by atoms with Gasteiger partial charge in [-0.25, -0.2) is 8.78 Å². The van der Waals surface area contributed by atoms with Crippen LogP contribution in [0.15, 0.2) is 23.2 Å². The number of aryl methyl sites for hydroxylation is 1. The van der Waals surface area contributed by atoms with Crippen LogP contribution in [0.3, 0.4) is 0 Å². The van der Waals surface area contributed by atoms with Gasteiger partial charge in [-0.2, -0.15) is 0 Å². The molecule has 0 atom stereocenters. The standard InChI is InChI=1S/C17H27F2N3O/c1-12(2)7-8-23-15-9-13(3)5-6-14(15)10-21-17(20-4)22-11-16(18)19/h5-6,9,12,16H,7-8,10-11H2,1-4H3,(H2,20,21,22). The molecule has 0 saturated heterocycles. The monoisotopic (exact) mass is 327 g/mol. The Bertz CT molecular complexity index is 505. The van der Waals surface area contributed by atoms with Gasteiger partial charge in [0.2, 0.25) is 0 Å². The molecular formula is C17H27F2N3O. The summed E-state index contributed by atoms with van der Waals surface area (Å²) < 4.78 is 30.4. The van der Waals surface area contributed by atoms with E-state index in [0.29, 0.717) is 25.0 Å². The Morgan fingerprint density at radius 2 is 2.00 bits per heavy atom. The summed E-state index contributed by atoms with van der Waals surface area (Å²) in [5, 5.41) is 5.60. The van der Waals surface area contributed by atoms with Crippen LogP contribution >= 0.6 is 0 Å². The van der Waals surface area contributed by atoms with E-state index in [4.69, 9.17) is 4.74 Å². The number of guanidine groups is 1. The van der Waals surface area contributed by atoms with Crippen molar-refractivity contribution in [1.82, 2.24) is 10.6 Å². The first-order valence-corrected chi connectivity index (χ1v) is 7.87. The summed E-state index contributed by atoms with van der Waals surface area (Å²) in [6, 6.07) is 5.97. The lowest BCUT2D eigenvalue weighted by molar-refractivity contribution is 0.152. The van der Waals surface area contributed by atoms with Crippen molar-refractivity contribution in [2.75, 3.05) is 20.2 Å². The molecule has 1 rings (SSSR count). The molecule has 0 aliphatic carbocycles. The van der Waals surface area contributed by atoms with E-state index in [1.54, 1.807) is 7.05 Å². The lowest BCUT2D eigenvalue weighted by Crippen LogP contribution is -2.39. The molecule has 1 aromatic rings. The Kier molecular flexibility index (Phi) is 8.37. The van der Waals surface area contributed by atoms with Gasteiger partial charge in [-0.05, 0) is 30.9 Å². The molecule has 0 amide bonds. The quantitative estimate of drug-likeness (QED) is 0.568. The molecular weight excluding hydrogens is 300 g/mol. The van der Waals surface area contributed by atoms with E-state index in [0.717, 1.165) is 23.3 Å². The molecule has 0 radical (unpaired) electrons. The molecule has 0 aromatic heterocycles. The minimum absolute atomic E-state index is 0.346. The molecule has 0 bridgehead atoms. The number of nitrogens with zero attached hydrogens (tertiary/aromatic N) is 1. The molecule has 0 aliphatic heterocycles. The van der Waals surface area contributed by atoms with Crippen LogP contribution in [0.4, 0.5) is 8.78 Å². The molecule has 0 spiro atoms. The van der Waals surface area contributed by atoms with Gasteiger partial charge in [-0.15, -0.1) is 0 Å². The Balaban J connectivity index is 2.64. The number of alkyl halides is 2. The summed E-state index contributed by atoms with van der Waals surface area (Å²) in [4.78, 5) is 3.93. The Labute approximate surface area is 137 Å². The highest BCUT2D eigenvalue weighted by molar-refractivity contribution is 5.79. The van der Waals surface area contributed by atoms with Gasteiger partial charge in [0.15, 0.2) is 5.96 Å². The van der Waals surface area contributed by atoms with Gasteiger partial charge in [0.05, 0.1) is 13.2 Å². The number of halogens is 2. The van der Waals surface area contributed by atoms with Crippen molar-refractivity contribution in [2.45, 2.75) is 40.2 Å². The summed E-state index contributed by atoms with van der Waals surface area (Å²) in [6.07, 6.45) is -1.43. The third-order valence-corrected chi connectivity index (χ3v) is 3.27. The maximum atomic E-state index is 12.2. The fourth-order valence-corrected chi connectivity index (χ4v) is 1.92. The van der Waals surface area contributed by atoms with Gasteiger partial charge in [0.25, 0.3) is 6.43 Å². The minimum atomic E-state index is -2.41. The van der Waals surface area contributed by atoms with E-state index >= 15 is 0 Å². The number of nitrogens with one attached hydrogen (secondary N) is 2. The first-order valence-electron chi connectivity index (χ1n) is 7.87. The molecule has 1 aromatic carbocycles. The highest BCUT2D eigenvalue weighted by Gasteiger charge is 2.08. The largest absolute Gasteiger partial charge is 0.493 e. The van der Waals surface area contributed by atoms with Crippen LogP contribution in [-0.4, -0.2) is 32.6 Å². The molecule has 0 aliphatic rings. The van der Waals surface area contributed by atoms with Crippen molar-refractivity contribution in [3.8, 4) is 5.75 Å². The topological polar surface area (TPSA) is 45.7 Å². The van der Waals surface area contributed by atoms with E-state index in [-0.39, 0.29) is 0 Å². The van der Waals surface area contributed by atoms with Crippen molar-refractivity contribution >= 4 is 5.96 Å².